The minimum Gasteiger partial charge on any atom is -0.756 e. The highest BCUT2D eigenvalue weighted by atomic mass is 31.2. The second-order valence-electron chi connectivity index (χ2n) is 6.90. The Morgan fingerprint density at radius 2 is 1.57 bits per heavy atom. The van der Waals surface area contributed by atoms with Gasteiger partial charge in [-0.2, -0.15) is 0 Å². The number of rotatable bonds is 13. The molecule has 3 atom stereocenters. The van der Waals surface area contributed by atoms with Gasteiger partial charge in [0.15, 0.2) is 6.73 Å². The first kappa shape index (κ1) is 29.8. The number of nitrogens with zero attached hydrogens (tertiary/aromatic N) is 1. The molecule has 0 radical (unpaired) electrons. The smallest absolute Gasteiger partial charge is 0.305 e. The van der Waals surface area contributed by atoms with Crippen LogP contribution in [0.25, 0.3) is 0 Å². The lowest BCUT2D eigenvalue weighted by molar-refractivity contribution is -0.887. The van der Waals surface area contributed by atoms with Crippen molar-refractivity contribution in [1.29, 1.82) is 0 Å². The van der Waals surface area contributed by atoms with Gasteiger partial charge < -0.3 is 32.6 Å². The van der Waals surface area contributed by atoms with Gasteiger partial charge in [-0.1, -0.05) is 20.8 Å². The molecule has 0 bridgehead atoms. The molecule has 0 aliphatic rings. The van der Waals surface area contributed by atoms with Crippen molar-refractivity contribution in [2.45, 2.75) is 33.6 Å². The minimum absolute atomic E-state index is 0.0541. The summed E-state index contributed by atoms with van der Waals surface area (Å²) in [6.07, 6.45) is 0.895. The Bertz CT molecular complexity index is 523. The van der Waals surface area contributed by atoms with E-state index in [1.807, 2.05) is 21.1 Å². The molecular weight excluding hydrogens is 416 g/mol. The van der Waals surface area contributed by atoms with E-state index in [-0.39, 0.29) is 38.4 Å². The Balaban J connectivity index is 0. The maximum Gasteiger partial charge on any atom is 0.305 e. The number of esters is 1. The van der Waals surface area contributed by atoms with Crippen molar-refractivity contribution in [3.05, 3.63) is 0 Å². The summed E-state index contributed by atoms with van der Waals surface area (Å²) in [5.74, 6) is -0.512. The van der Waals surface area contributed by atoms with Crippen LogP contribution in [-0.4, -0.2) is 65.3 Å². The molecule has 170 valence electrons. The maximum atomic E-state index is 11.2. The van der Waals surface area contributed by atoms with Gasteiger partial charge in [-0.25, -0.2) is 0 Å². The SMILES string of the molecule is CCCOP(=O)([O-])OCC(C)COC(=O)CC.COP(=O)([O-])OC[N+](C)(C)C. The van der Waals surface area contributed by atoms with Crippen molar-refractivity contribution in [3.63, 3.8) is 0 Å². The van der Waals surface area contributed by atoms with E-state index >= 15 is 0 Å². The van der Waals surface area contributed by atoms with Crippen molar-refractivity contribution >= 4 is 21.6 Å². The van der Waals surface area contributed by atoms with E-state index in [1.54, 1.807) is 20.8 Å². The first-order chi connectivity index (χ1) is 12.7. The van der Waals surface area contributed by atoms with Crippen LogP contribution in [0.1, 0.15) is 33.6 Å². The van der Waals surface area contributed by atoms with Crippen LogP contribution in [-0.2, 0) is 36.8 Å². The third kappa shape index (κ3) is 20.4. The van der Waals surface area contributed by atoms with Crippen molar-refractivity contribution in [1.82, 2.24) is 0 Å². The zero-order chi connectivity index (χ0) is 22.4. The third-order valence-corrected chi connectivity index (χ3v) is 4.46. The number of hydrogen-bond acceptors (Lipinski definition) is 10. The number of phosphoric acid groups is 2. The summed E-state index contributed by atoms with van der Waals surface area (Å²) in [7, 11) is -1.72. The van der Waals surface area contributed by atoms with Gasteiger partial charge in [-0.05, 0) is 6.42 Å². The van der Waals surface area contributed by atoms with Gasteiger partial charge in [-0.3, -0.25) is 18.4 Å². The van der Waals surface area contributed by atoms with E-state index in [0.29, 0.717) is 17.3 Å². The molecule has 0 fully saturated rings. The van der Waals surface area contributed by atoms with Crippen LogP contribution in [0.15, 0.2) is 0 Å². The van der Waals surface area contributed by atoms with E-state index in [9.17, 15) is 23.7 Å². The first-order valence-corrected chi connectivity index (χ1v) is 11.7. The van der Waals surface area contributed by atoms with Crippen LogP contribution in [0.5, 0.6) is 0 Å². The molecule has 13 heteroatoms. The molecule has 28 heavy (non-hydrogen) atoms. The Hall–Kier alpha value is -0.350. The molecule has 0 amide bonds. The lowest BCUT2D eigenvalue weighted by Gasteiger charge is -2.27. The zero-order valence-corrected chi connectivity index (χ0v) is 19.5. The molecule has 0 heterocycles. The zero-order valence-electron chi connectivity index (χ0n) is 17.7. The third-order valence-electron chi connectivity index (χ3n) is 2.61. The molecule has 0 aliphatic heterocycles. The molecule has 11 nitrogen and oxygen atoms in total. The summed E-state index contributed by atoms with van der Waals surface area (Å²) in [6.45, 7) is 5.49. The fourth-order valence-corrected chi connectivity index (χ4v) is 2.65. The van der Waals surface area contributed by atoms with Gasteiger partial charge in [-0.15, -0.1) is 0 Å². The number of quaternary nitrogens is 1. The van der Waals surface area contributed by atoms with E-state index < -0.39 is 15.6 Å². The van der Waals surface area contributed by atoms with Crippen LogP contribution >= 0.6 is 15.6 Å². The van der Waals surface area contributed by atoms with Crippen LogP contribution in [0, 0.1) is 5.92 Å². The lowest BCUT2D eigenvalue weighted by Crippen LogP contribution is -2.36. The summed E-state index contributed by atoms with van der Waals surface area (Å²) >= 11 is 0. The molecule has 0 saturated carbocycles. The molecule has 0 saturated heterocycles. The molecule has 0 aliphatic carbocycles. The molecule has 0 rings (SSSR count). The number of carbonyl (C=O) groups excluding carboxylic acids is 1. The highest BCUT2D eigenvalue weighted by Crippen LogP contribution is 2.38. The predicted molar refractivity (Wildman–Crippen MR) is 98.8 cm³/mol. The van der Waals surface area contributed by atoms with Gasteiger partial charge in [0.05, 0.1) is 41.0 Å². The van der Waals surface area contributed by atoms with E-state index in [2.05, 4.69) is 18.1 Å². The van der Waals surface area contributed by atoms with Gasteiger partial charge in [0.2, 0.25) is 0 Å². The fraction of sp³-hybridized carbons (Fsp3) is 0.933. The second-order valence-corrected chi connectivity index (χ2v) is 9.82. The number of hydrogen-bond donors (Lipinski definition) is 0. The normalized spacial score (nSPS) is 16.9. The number of phosphoric ester groups is 2. The Labute approximate surface area is 167 Å². The number of ether oxygens (including phenoxy) is 1. The van der Waals surface area contributed by atoms with Crippen molar-refractivity contribution in [2.75, 3.05) is 54.8 Å². The highest BCUT2D eigenvalue weighted by molar-refractivity contribution is 7.46. The Kier molecular flexibility index (Phi) is 15.6. The number of carbonyl (C=O) groups is 1. The van der Waals surface area contributed by atoms with Crippen LogP contribution in [0.4, 0.5) is 0 Å². The van der Waals surface area contributed by atoms with E-state index in [0.717, 1.165) is 7.11 Å². The maximum absolute atomic E-state index is 11.2. The quantitative estimate of drug-likeness (QED) is 0.174. The average molecular weight is 450 g/mol. The standard InChI is InChI=1S/C10H21O6P.C5H14NO4P/c1-4-6-15-17(12,13)16-8-9(3)7-14-10(11)5-2;1-6(2,3)5-10-11(7,8)9-4/h9H,4-8H2,1-3H3,(H,12,13);5H2,1-4H3/p-1. The summed E-state index contributed by atoms with van der Waals surface area (Å²) in [6, 6.07) is 0. The Morgan fingerprint density at radius 3 is 2.00 bits per heavy atom. The minimum atomic E-state index is -4.21. The monoisotopic (exact) mass is 450 g/mol. The van der Waals surface area contributed by atoms with Crippen molar-refractivity contribution in [2.24, 2.45) is 5.92 Å². The van der Waals surface area contributed by atoms with E-state index in [1.165, 1.54) is 0 Å². The summed E-state index contributed by atoms with van der Waals surface area (Å²) in [5, 5.41) is 0. The average Bonchev–Trinajstić information content (AvgIpc) is 2.61. The van der Waals surface area contributed by atoms with Gasteiger partial charge in [0.1, 0.15) is 0 Å². The highest BCUT2D eigenvalue weighted by Gasteiger charge is 2.14. The van der Waals surface area contributed by atoms with Crippen molar-refractivity contribution in [3.8, 4) is 0 Å². The van der Waals surface area contributed by atoms with Gasteiger partial charge in [0, 0.05) is 19.4 Å². The largest absolute Gasteiger partial charge is 0.756 e. The van der Waals surface area contributed by atoms with Crippen LogP contribution < -0.4 is 9.79 Å². The molecule has 0 spiro atoms. The molecule has 0 aromatic rings. The summed E-state index contributed by atoms with van der Waals surface area (Å²) in [4.78, 5) is 32.6. The molecule has 0 N–H and O–H groups in total. The van der Waals surface area contributed by atoms with Gasteiger partial charge >= 0.3 is 5.97 Å². The van der Waals surface area contributed by atoms with Crippen LogP contribution in [0.3, 0.4) is 0 Å². The predicted octanol–water partition coefficient (Wildman–Crippen LogP) is 1.27. The van der Waals surface area contributed by atoms with Crippen LogP contribution in [0.2, 0.25) is 0 Å². The topological polar surface area (TPSA) is 143 Å². The van der Waals surface area contributed by atoms with E-state index in [4.69, 9.17) is 4.74 Å². The lowest BCUT2D eigenvalue weighted by atomic mass is 10.2. The first-order valence-electron chi connectivity index (χ1n) is 8.75. The second kappa shape index (κ2) is 14.6. The summed E-state index contributed by atoms with van der Waals surface area (Å²) < 4.78 is 44.8. The Morgan fingerprint density at radius 1 is 1.00 bits per heavy atom. The van der Waals surface area contributed by atoms with Crippen molar-refractivity contribution < 1.29 is 51.0 Å². The molecule has 0 aromatic carbocycles. The molecule has 0 aromatic heterocycles. The molecular formula is C15H34NO10P2-. The van der Waals surface area contributed by atoms with Gasteiger partial charge in [0.25, 0.3) is 15.6 Å². The summed E-state index contributed by atoms with van der Waals surface area (Å²) in [5.41, 5.74) is 0. The fourth-order valence-electron chi connectivity index (χ4n) is 1.14. The molecule has 3 unspecified atom stereocenters.